The third kappa shape index (κ3) is 2.88. The molecule has 4 nitrogen and oxygen atoms in total. The molecule has 0 saturated heterocycles. The number of nitrogen functional groups attached to an aromatic ring is 1. The highest BCUT2D eigenvalue weighted by Crippen LogP contribution is 2.31. The number of nitrogens with one attached hydrogen (secondary N) is 1. The Morgan fingerprint density at radius 2 is 2.24 bits per heavy atom. The summed E-state index contributed by atoms with van der Waals surface area (Å²) in [4.78, 5) is 4.30. The van der Waals surface area contributed by atoms with E-state index in [9.17, 15) is 5.11 Å². The summed E-state index contributed by atoms with van der Waals surface area (Å²) >= 11 is 0. The van der Waals surface area contributed by atoms with Gasteiger partial charge in [-0.25, -0.2) is 4.98 Å². The summed E-state index contributed by atoms with van der Waals surface area (Å²) in [6.07, 6.45) is 5.35. The maximum Gasteiger partial charge on any atom is 0.127 e. The standard InChI is InChI=1S/C13H21N3O/c1-9-6-15-13(5-12(9)14)16-7-10-3-2-4-11(10)8-17/h5-6,10-11,17H,2-4,7-8H2,1H3,(H3,14,15,16). The lowest BCUT2D eigenvalue weighted by atomic mass is 9.97. The minimum atomic E-state index is 0.301. The Hall–Kier alpha value is -1.29. The Labute approximate surface area is 102 Å². The van der Waals surface area contributed by atoms with Crippen LogP contribution in [0.3, 0.4) is 0 Å². The van der Waals surface area contributed by atoms with Gasteiger partial charge in [0.15, 0.2) is 0 Å². The first-order valence-corrected chi connectivity index (χ1v) is 6.27. The third-order valence-electron chi connectivity index (χ3n) is 3.74. The van der Waals surface area contributed by atoms with Crippen LogP contribution in [-0.4, -0.2) is 23.2 Å². The van der Waals surface area contributed by atoms with Crippen molar-refractivity contribution in [3.8, 4) is 0 Å². The minimum absolute atomic E-state index is 0.301. The zero-order valence-electron chi connectivity index (χ0n) is 10.3. The fraction of sp³-hybridized carbons (Fsp3) is 0.615. The van der Waals surface area contributed by atoms with E-state index in [2.05, 4.69) is 10.3 Å². The van der Waals surface area contributed by atoms with Crippen molar-refractivity contribution in [2.75, 3.05) is 24.2 Å². The minimum Gasteiger partial charge on any atom is -0.398 e. The van der Waals surface area contributed by atoms with E-state index in [-0.39, 0.29) is 0 Å². The van der Waals surface area contributed by atoms with Crippen LogP contribution in [0.15, 0.2) is 12.3 Å². The molecule has 94 valence electrons. The lowest BCUT2D eigenvalue weighted by Gasteiger charge is -2.18. The van der Waals surface area contributed by atoms with Gasteiger partial charge in [-0.05, 0) is 37.2 Å². The molecule has 2 rings (SSSR count). The summed E-state index contributed by atoms with van der Waals surface area (Å²) in [6, 6.07) is 1.87. The zero-order valence-corrected chi connectivity index (χ0v) is 10.3. The van der Waals surface area contributed by atoms with Crippen LogP contribution in [0.4, 0.5) is 11.5 Å². The summed E-state index contributed by atoms with van der Waals surface area (Å²) < 4.78 is 0. The average molecular weight is 235 g/mol. The Kier molecular flexibility index (Phi) is 3.84. The van der Waals surface area contributed by atoms with Gasteiger partial charge >= 0.3 is 0 Å². The molecule has 4 N–H and O–H groups in total. The number of nitrogens with two attached hydrogens (primary N) is 1. The molecule has 1 saturated carbocycles. The van der Waals surface area contributed by atoms with Gasteiger partial charge in [0.05, 0.1) is 0 Å². The number of hydrogen-bond acceptors (Lipinski definition) is 4. The number of hydrogen-bond donors (Lipinski definition) is 3. The van der Waals surface area contributed by atoms with E-state index in [1.807, 2.05) is 13.0 Å². The molecule has 0 amide bonds. The van der Waals surface area contributed by atoms with Crippen LogP contribution in [0, 0.1) is 18.8 Å². The third-order valence-corrected chi connectivity index (χ3v) is 3.74. The number of pyridine rings is 1. The van der Waals surface area contributed by atoms with Gasteiger partial charge in [-0.15, -0.1) is 0 Å². The van der Waals surface area contributed by atoms with Crippen LogP contribution in [0.1, 0.15) is 24.8 Å². The molecule has 0 aromatic carbocycles. The van der Waals surface area contributed by atoms with Crippen molar-refractivity contribution >= 4 is 11.5 Å². The first-order chi connectivity index (χ1) is 8.20. The van der Waals surface area contributed by atoms with E-state index >= 15 is 0 Å². The number of nitrogens with zero attached hydrogens (tertiary/aromatic N) is 1. The number of aliphatic hydroxyl groups is 1. The SMILES string of the molecule is Cc1cnc(NCC2CCCC2CO)cc1N. The Balaban J connectivity index is 1.91. The lowest BCUT2D eigenvalue weighted by molar-refractivity contribution is 0.199. The predicted octanol–water partition coefficient (Wildman–Crippen LogP) is 1.79. The fourth-order valence-corrected chi connectivity index (χ4v) is 2.49. The molecule has 1 aliphatic rings. The molecular weight excluding hydrogens is 214 g/mol. The second-order valence-corrected chi connectivity index (χ2v) is 4.94. The van der Waals surface area contributed by atoms with E-state index in [4.69, 9.17) is 5.73 Å². The highest BCUT2D eigenvalue weighted by molar-refractivity contribution is 5.53. The van der Waals surface area contributed by atoms with Gasteiger partial charge in [0, 0.05) is 31.1 Å². The molecule has 1 aromatic heterocycles. The molecule has 1 fully saturated rings. The monoisotopic (exact) mass is 235 g/mol. The van der Waals surface area contributed by atoms with Crippen molar-refractivity contribution in [1.82, 2.24) is 4.98 Å². The molecule has 4 heteroatoms. The van der Waals surface area contributed by atoms with Crippen LogP contribution in [0.2, 0.25) is 0 Å². The number of aliphatic hydroxyl groups excluding tert-OH is 1. The van der Waals surface area contributed by atoms with Gasteiger partial charge in [-0.2, -0.15) is 0 Å². The lowest BCUT2D eigenvalue weighted by Crippen LogP contribution is -2.21. The van der Waals surface area contributed by atoms with Crippen LogP contribution in [-0.2, 0) is 0 Å². The van der Waals surface area contributed by atoms with Crippen molar-refractivity contribution in [1.29, 1.82) is 0 Å². The molecule has 2 unspecified atom stereocenters. The second-order valence-electron chi connectivity index (χ2n) is 4.94. The molecule has 0 radical (unpaired) electrons. The number of anilines is 2. The highest BCUT2D eigenvalue weighted by atomic mass is 16.3. The van der Waals surface area contributed by atoms with E-state index < -0.39 is 0 Å². The maximum absolute atomic E-state index is 9.25. The number of rotatable bonds is 4. The maximum atomic E-state index is 9.25. The summed E-state index contributed by atoms with van der Waals surface area (Å²) in [5, 5.41) is 12.6. The van der Waals surface area contributed by atoms with E-state index in [1.165, 1.54) is 12.8 Å². The first-order valence-electron chi connectivity index (χ1n) is 6.27. The largest absolute Gasteiger partial charge is 0.398 e. The second kappa shape index (κ2) is 5.36. The molecule has 2 atom stereocenters. The van der Waals surface area contributed by atoms with Crippen molar-refractivity contribution in [2.24, 2.45) is 11.8 Å². The van der Waals surface area contributed by atoms with Crippen LogP contribution in [0.25, 0.3) is 0 Å². The van der Waals surface area contributed by atoms with E-state index in [0.29, 0.717) is 18.4 Å². The van der Waals surface area contributed by atoms with Gasteiger partial charge < -0.3 is 16.2 Å². The molecular formula is C13H21N3O. The van der Waals surface area contributed by atoms with Crippen LogP contribution < -0.4 is 11.1 Å². The topological polar surface area (TPSA) is 71.2 Å². The predicted molar refractivity (Wildman–Crippen MR) is 69.8 cm³/mol. The van der Waals surface area contributed by atoms with Gasteiger partial charge in [0.25, 0.3) is 0 Å². The summed E-state index contributed by atoms with van der Waals surface area (Å²) in [5.74, 6) is 1.84. The van der Waals surface area contributed by atoms with E-state index in [1.54, 1.807) is 6.20 Å². The highest BCUT2D eigenvalue weighted by Gasteiger charge is 2.26. The van der Waals surface area contributed by atoms with Gasteiger partial charge in [0.1, 0.15) is 5.82 Å². The number of aromatic nitrogens is 1. The zero-order chi connectivity index (χ0) is 12.3. The molecule has 17 heavy (non-hydrogen) atoms. The Morgan fingerprint density at radius 3 is 2.94 bits per heavy atom. The normalized spacial score (nSPS) is 23.9. The van der Waals surface area contributed by atoms with E-state index in [0.717, 1.165) is 30.0 Å². The summed E-state index contributed by atoms with van der Waals surface area (Å²) in [7, 11) is 0. The van der Waals surface area contributed by atoms with Crippen LogP contribution >= 0.6 is 0 Å². The Morgan fingerprint density at radius 1 is 1.47 bits per heavy atom. The van der Waals surface area contributed by atoms with Crippen molar-refractivity contribution in [3.63, 3.8) is 0 Å². The molecule has 0 spiro atoms. The van der Waals surface area contributed by atoms with Gasteiger partial charge in [-0.3, -0.25) is 0 Å². The van der Waals surface area contributed by atoms with Crippen molar-refractivity contribution < 1.29 is 5.11 Å². The Bertz CT molecular complexity index is 381. The molecule has 1 aliphatic carbocycles. The molecule has 0 bridgehead atoms. The first kappa shape index (κ1) is 12.2. The quantitative estimate of drug-likeness (QED) is 0.744. The molecule has 1 aromatic rings. The fourth-order valence-electron chi connectivity index (χ4n) is 2.49. The molecule has 1 heterocycles. The van der Waals surface area contributed by atoms with Gasteiger partial charge in [0.2, 0.25) is 0 Å². The smallest absolute Gasteiger partial charge is 0.127 e. The summed E-state index contributed by atoms with van der Waals surface area (Å²) in [5.41, 5.74) is 7.61. The van der Waals surface area contributed by atoms with Gasteiger partial charge in [-0.1, -0.05) is 6.42 Å². The number of aryl methyl sites for hydroxylation is 1. The van der Waals surface area contributed by atoms with Crippen molar-refractivity contribution in [3.05, 3.63) is 17.8 Å². The van der Waals surface area contributed by atoms with Crippen LogP contribution in [0.5, 0.6) is 0 Å². The summed E-state index contributed by atoms with van der Waals surface area (Å²) in [6.45, 7) is 3.13. The van der Waals surface area contributed by atoms with Crippen molar-refractivity contribution in [2.45, 2.75) is 26.2 Å². The molecule has 0 aliphatic heterocycles. The average Bonchev–Trinajstić information content (AvgIpc) is 2.78.